The van der Waals surface area contributed by atoms with E-state index in [4.69, 9.17) is 4.74 Å². The molecule has 0 saturated carbocycles. The average Bonchev–Trinajstić information content (AvgIpc) is 2.49. The van der Waals surface area contributed by atoms with Crippen LogP contribution in [0.5, 0.6) is 5.75 Å². The molecule has 4 nitrogen and oxygen atoms in total. The van der Waals surface area contributed by atoms with Gasteiger partial charge >= 0.3 is 5.97 Å². The molecule has 0 spiro atoms. The summed E-state index contributed by atoms with van der Waals surface area (Å²) in [5.41, 5.74) is 2.46. The zero-order chi connectivity index (χ0) is 15.9. The lowest BCUT2D eigenvalue weighted by Gasteiger charge is -2.05. The summed E-state index contributed by atoms with van der Waals surface area (Å²) in [7, 11) is 0. The first kappa shape index (κ1) is 15.5. The summed E-state index contributed by atoms with van der Waals surface area (Å²) in [4.78, 5) is 22.8. The molecule has 0 atom stereocenters. The maximum absolute atomic E-state index is 11.9. The van der Waals surface area contributed by atoms with Gasteiger partial charge in [0.1, 0.15) is 5.75 Å². The topological polar surface area (TPSA) is 55.4 Å². The molecule has 4 heteroatoms. The number of carbonyl (C=O) groups excluding carboxylic acids is 2. The number of esters is 1. The van der Waals surface area contributed by atoms with Crippen LogP contribution < -0.4 is 10.1 Å². The van der Waals surface area contributed by atoms with Gasteiger partial charge in [0, 0.05) is 18.7 Å². The molecule has 2 rings (SSSR count). The maximum Gasteiger partial charge on any atom is 0.336 e. The number of nitrogens with one attached hydrogen (secondary N) is 1. The highest BCUT2D eigenvalue weighted by atomic mass is 16.5. The van der Waals surface area contributed by atoms with Crippen LogP contribution in [0.25, 0.3) is 5.57 Å². The molecule has 0 bridgehead atoms. The third-order valence-electron chi connectivity index (χ3n) is 2.96. The van der Waals surface area contributed by atoms with Gasteiger partial charge in [0.25, 0.3) is 0 Å². The summed E-state index contributed by atoms with van der Waals surface area (Å²) in [6, 6.07) is 16.2. The van der Waals surface area contributed by atoms with Gasteiger partial charge in [-0.3, -0.25) is 4.79 Å². The van der Waals surface area contributed by atoms with Gasteiger partial charge in [0.15, 0.2) is 0 Å². The summed E-state index contributed by atoms with van der Waals surface area (Å²) in [6.45, 7) is 3.29. The fourth-order valence-electron chi connectivity index (χ4n) is 1.92. The van der Waals surface area contributed by atoms with Crippen LogP contribution in [0.15, 0.2) is 60.7 Å². The Kier molecular flexibility index (Phi) is 5.09. The standard InChI is InChI=1S/C18H17NO3/c1-13(15-6-4-3-5-7-15)12-18(21)22-17-10-8-16(9-11-17)19-14(2)20/h3-12H,1-2H3,(H,19,20)/b13-12-. The highest BCUT2D eigenvalue weighted by Gasteiger charge is 2.04. The average molecular weight is 295 g/mol. The molecule has 0 saturated heterocycles. The lowest BCUT2D eigenvalue weighted by molar-refractivity contribution is -0.129. The number of hydrogen-bond acceptors (Lipinski definition) is 3. The van der Waals surface area contributed by atoms with Gasteiger partial charge in [-0.2, -0.15) is 0 Å². The third-order valence-corrected chi connectivity index (χ3v) is 2.96. The molecule has 0 heterocycles. The van der Waals surface area contributed by atoms with Crippen LogP contribution >= 0.6 is 0 Å². The van der Waals surface area contributed by atoms with Crippen molar-refractivity contribution >= 4 is 23.1 Å². The highest BCUT2D eigenvalue weighted by Crippen LogP contribution is 2.17. The summed E-state index contributed by atoms with van der Waals surface area (Å²) in [6.07, 6.45) is 1.46. The minimum Gasteiger partial charge on any atom is -0.423 e. The van der Waals surface area contributed by atoms with E-state index >= 15 is 0 Å². The fraction of sp³-hybridized carbons (Fsp3) is 0.111. The van der Waals surface area contributed by atoms with E-state index in [1.165, 1.54) is 13.0 Å². The van der Waals surface area contributed by atoms with Gasteiger partial charge in [0.05, 0.1) is 0 Å². The van der Waals surface area contributed by atoms with Crippen molar-refractivity contribution in [1.29, 1.82) is 0 Å². The molecule has 22 heavy (non-hydrogen) atoms. The predicted molar refractivity (Wildman–Crippen MR) is 86.5 cm³/mol. The Balaban J connectivity index is 2.01. The molecule has 0 radical (unpaired) electrons. The van der Waals surface area contributed by atoms with E-state index in [0.717, 1.165) is 11.1 Å². The molecule has 2 aromatic rings. The smallest absolute Gasteiger partial charge is 0.336 e. The molecule has 0 aliphatic carbocycles. The zero-order valence-electron chi connectivity index (χ0n) is 12.5. The molecule has 112 valence electrons. The molecule has 1 amide bonds. The number of anilines is 1. The Morgan fingerprint density at radius 2 is 1.59 bits per heavy atom. The number of rotatable bonds is 4. The van der Waals surface area contributed by atoms with Crippen LogP contribution in [-0.4, -0.2) is 11.9 Å². The second-order valence-electron chi connectivity index (χ2n) is 4.82. The molecule has 0 aromatic heterocycles. The Morgan fingerprint density at radius 1 is 0.955 bits per heavy atom. The number of allylic oxidation sites excluding steroid dienone is 1. The molecule has 0 unspecified atom stereocenters. The van der Waals surface area contributed by atoms with E-state index in [1.807, 2.05) is 37.3 Å². The summed E-state index contributed by atoms with van der Waals surface area (Å²) in [5, 5.41) is 2.65. The fourth-order valence-corrected chi connectivity index (χ4v) is 1.92. The summed E-state index contributed by atoms with van der Waals surface area (Å²) < 4.78 is 5.24. The van der Waals surface area contributed by atoms with E-state index < -0.39 is 5.97 Å². The quantitative estimate of drug-likeness (QED) is 0.532. The van der Waals surface area contributed by atoms with Crippen molar-refractivity contribution in [2.75, 3.05) is 5.32 Å². The van der Waals surface area contributed by atoms with Gasteiger partial charge in [-0.1, -0.05) is 30.3 Å². The van der Waals surface area contributed by atoms with Crippen molar-refractivity contribution in [3.63, 3.8) is 0 Å². The summed E-state index contributed by atoms with van der Waals surface area (Å²) in [5.74, 6) is -0.156. The van der Waals surface area contributed by atoms with Gasteiger partial charge in [0.2, 0.25) is 5.91 Å². The van der Waals surface area contributed by atoms with E-state index in [9.17, 15) is 9.59 Å². The first-order chi connectivity index (χ1) is 10.5. The highest BCUT2D eigenvalue weighted by molar-refractivity contribution is 5.92. The third kappa shape index (κ3) is 4.59. The first-order valence-corrected chi connectivity index (χ1v) is 6.88. The molecule has 0 aliphatic rings. The SMILES string of the molecule is CC(=O)Nc1ccc(OC(=O)/C=C(/C)c2ccccc2)cc1. The largest absolute Gasteiger partial charge is 0.423 e. The number of amides is 1. The second-order valence-corrected chi connectivity index (χ2v) is 4.82. The van der Waals surface area contributed by atoms with Crippen LogP contribution in [0.4, 0.5) is 5.69 Å². The van der Waals surface area contributed by atoms with Crippen molar-refractivity contribution in [2.45, 2.75) is 13.8 Å². The van der Waals surface area contributed by atoms with Gasteiger partial charge in [-0.25, -0.2) is 4.79 Å². The lowest BCUT2D eigenvalue weighted by atomic mass is 10.1. The first-order valence-electron chi connectivity index (χ1n) is 6.88. The van der Waals surface area contributed by atoms with Crippen LogP contribution in [0.2, 0.25) is 0 Å². The minimum absolute atomic E-state index is 0.147. The Morgan fingerprint density at radius 3 is 2.18 bits per heavy atom. The van der Waals surface area contributed by atoms with Crippen molar-refractivity contribution in [3.05, 3.63) is 66.2 Å². The van der Waals surface area contributed by atoms with Gasteiger partial charge in [-0.15, -0.1) is 0 Å². The summed E-state index contributed by atoms with van der Waals surface area (Å²) >= 11 is 0. The molecule has 0 fully saturated rings. The van der Waals surface area contributed by atoms with Crippen LogP contribution in [0, 0.1) is 0 Å². The van der Waals surface area contributed by atoms with Crippen LogP contribution in [0.1, 0.15) is 19.4 Å². The molecule has 2 aromatic carbocycles. The lowest BCUT2D eigenvalue weighted by Crippen LogP contribution is -2.07. The monoisotopic (exact) mass is 295 g/mol. The van der Waals surface area contributed by atoms with Gasteiger partial charge < -0.3 is 10.1 Å². The maximum atomic E-state index is 11.9. The van der Waals surface area contributed by atoms with Crippen molar-refractivity contribution < 1.29 is 14.3 Å². The molecule has 0 aliphatic heterocycles. The normalized spacial score (nSPS) is 10.9. The molecular weight excluding hydrogens is 278 g/mol. The molecule has 1 N–H and O–H groups in total. The van der Waals surface area contributed by atoms with Crippen molar-refractivity contribution in [2.24, 2.45) is 0 Å². The van der Waals surface area contributed by atoms with E-state index in [2.05, 4.69) is 5.32 Å². The van der Waals surface area contributed by atoms with E-state index in [1.54, 1.807) is 24.3 Å². The number of hydrogen-bond donors (Lipinski definition) is 1. The van der Waals surface area contributed by atoms with Crippen molar-refractivity contribution in [1.82, 2.24) is 0 Å². The van der Waals surface area contributed by atoms with E-state index in [0.29, 0.717) is 11.4 Å². The molecular formula is C18H17NO3. The number of ether oxygens (including phenoxy) is 1. The number of carbonyl (C=O) groups is 2. The number of benzene rings is 2. The Labute approximate surface area is 129 Å². The second kappa shape index (κ2) is 7.22. The predicted octanol–water partition coefficient (Wildman–Crippen LogP) is 3.65. The van der Waals surface area contributed by atoms with Gasteiger partial charge in [-0.05, 0) is 42.3 Å². The Hall–Kier alpha value is -2.88. The van der Waals surface area contributed by atoms with Crippen LogP contribution in [-0.2, 0) is 9.59 Å². The zero-order valence-corrected chi connectivity index (χ0v) is 12.5. The van der Waals surface area contributed by atoms with E-state index in [-0.39, 0.29) is 5.91 Å². The van der Waals surface area contributed by atoms with Crippen LogP contribution in [0.3, 0.4) is 0 Å². The Bertz CT molecular complexity index is 688. The van der Waals surface area contributed by atoms with Crippen molar-refractivity contribution in [3.8, 4) is 5.75 Å². The minimum atomic E-state index is -0.436.